The van der Waals surface area contributed by atoms with Crippen LogP contribution in [0.2, 0.25) is 0 Å². The van der Waals surface area contributed by atoms with Crippen molar-refractivity contribution in [2.45, 2.75) is 38.7 Å². The zero-order chi connectivity index (χ0) is 13.5. The monoisotopic (exact) mass is 262 g/mol. The highest BCUT2D eigenvalue weighted by molar-refractivity contribution is 5.93. The van der Waals surface area contributed by atoms with Gasteiger partial charge in [0.05, 0.1) is 18.3 Å². The molecule has 1 N–H and O–H groups in total. The molecular weight excluding hydrogens is 240 g/mol. The Bertz CT molecular complexity index is 394. The number of nitrogens with one attached hydrogen (secondary N) is 1. The lowest BCUT2D eigenvalue weighted by Gasteiger charge is -2.28. The number of ether oxygens (including phenoxy) is 1. The first kappa shape index (κ1) is 14.0. The minimum atomic E-state index is -0.0895. The van der Waals surface area contributed by atoms with Crippen LogP contribution >= 0.6 is 0 Å². The fourth-order valence-electron chi connectivity index (χ4n) is 2.50. The van der Waals surface area contributed by atoms with Gasteiger partial charge in [0.25, 0.3) is 5.91 Å². The Morgan fingerprint density at radius 2 is 2.32 bits per heavy atom. The van der Waals surface area contributed by atoms with Crippen LogP contribution in [0.15, 0.2) is 24.5 Å². The number of carbonyl (C=O) groups excluding carboxylic acids is 1. The number of hydrogen-bond acceptors (Lipinski definition) is 3. The lowest BCUT2D eigenvalue weighted by molar-refractivity contribution is -0.00294. The molecule has 4 heteroatoms. The van der Waals surface area contributed by atoms with E-state index in [1.54, 1.807) is 24.5 Å². The van der Waals surface area contributed by atoms with Gasteiger partial charge in [0.1, 0.15) is 0 Å². The van der Waals surface area contributed by atoms with Crippen LogP contribution in [0, 0.1) is 5.92 Å². The van der Waals surface area contributed by atoms with Crippen molar-refractivity contribution in [2.24, 2.45) is 5.92 Å². The molecule has 1 saturated carbocycles. The van der Waals surface area contributed by atoms with Gasteiger partial charge in [-0.15, -0.1) is 0 Å². The molecule has 2 rings (SSSR count). The third-order valence-electron chi connectivity index (χ3n) is 3.68. The third-order valence-corrected chi connectivity index (χ3v) is 3.68. The minimum Gasteiger partial charge on any atom is -0.376 e. The van der Waals surface area contributed by atoms with Gasteiger partial charge in [-0.05, 0) is 30.9 Å². The maximum Gasteiger partial charge on any atom is 0.252 e. The highest BCUT2D eigenvalue weighted by Crippen LogP contribution is 2.25. The maximum atomic E-state index is 11.8. The van der Waals surface area contributed by atoms with E-state index >= 15 is 0 Å². The van der Waals surface area contributed by atoms with Gasteiger partial charge < -0.3 is 10.1 Å². The van der Waals surface area contributed by atoms with Crippen LogP contribution in [-0.4, -0.2) is 30.1 Å². The number of amides is 1. The van der Waals surface area contributed by atoms with Gasteiger partial charge in [0.2, 0.25) is 0 Å². The second-order valence-corrected chi connectivity index (χ2v) is 5.17. The van der Waals surface area contributed by atoms with Crippen LogP contribution in [0.25, 0.3) is 0 Å². The largest absolute Gasteiger partial charge is 0.376 e. The molecule has 0 aromatic carbocycles. The van der Waals surface area contributed by atoms with Gasteiger partial charge >= 0.3 is 0 Å². The van der Waals surface area contributed by atoms with Gasteiger partial charge in [-0.1, -0.05) is 19.8 Å². The van der Waals surface area contributed by atoms with Crippen LogP contribution in [0.1, 0.15) is 43.0 Å². The van der Waals surface area contributed by atoms with Crippen molar-refractivity contribution < 1.29 is 9.53 Å². The van der Waals surface area contributed by atoms with Gasteiger partial charge in [-0.25, -0.2) is 0 Å². The molecule has 104 valence electrons. The van der Waals surface area contributed by atoms with Gasteiger partial charge in [0.15, 0.2) is 0 Å². The van der Waals surface area contributed by atoms with E-state index in [0.29, 0.717) is 30.7 Å². The third kappa shape index (κ3) is 4.31. The normalized spacial score (nSPS) is 23.0. The number of rotatable bonds is 5. The second-order valence-electron chi connectivity index (χ2n) is 5.17. The molecule has 1 amide bonds. The Morgan fingerprint density at radius 3 is 3.05 bits per heavy atom. The smallest absolute Gasteiger partial charge is 0.252 e. The fraction of sp³-hybridized carbons (Fsp3) is 0.600. The molecule has 0 spiro atoms. The molecule has 1 heterocycles. The predicted octanol–water partition coefficient (Wildman–Crippen LogP) is 2.41. The van der Waals surface area contributed by atoms with Gasteiger partial charge in [0, 0.05) is 18.9 Å². The summed E-state index contributed by atoms with van der Waals surface area (Å²) in [5.41, 5.74) is 0.591. The summed E-state index contributed by atoms with van der Waals surface area (Å²) < 4.78 is 5.85. The van der Waals surface area contributed by atoms with E-state index in [-0.39, 0.29) is 5.91 Å². The molecule has 1 aromatic rings. The Labute approximate surface area is 114 Å². The first-order valence-corrected chi connectivity index (χ1v) is 7.07. The standard InChI is InChI=1S/C15H22N2O2/c1-12-5-2-3-7-14(12)19-10-9-17-15(18)13-6-4-8-16-11-13/h4,6,8,11-12,14H,2-3,5,7,9-10H2,1H3,(H,17,18)/t12-,14-/m0/s1. The topological polar surface area (TPSA) is 51.2 Å². The molecule has 0 radical (unpaired) electrons. The highest BCUT2D eigenvalue weighted by atomic mass is 16.5. The van der Waals surface area contributed by atoms with Crippen LogP contribution in [-0.2, 0) is 4.74 Å². The predicted molar refractivity (Wildman–Crippen MR) is 73.9 cm³/mol. The van der Waals surface area contributed by atoms with Gasteiger partial charge in [-0.3, -0.25) is 9.78 Å². The summed E-state index contributed by atoms with van der Waals surface area (Å²) in [6.45, 7) is 3.38. The molecule has 0 bridgehead atoms. The Kier molecular flexibility index (Phi) is 5.33. The Balaban J connectivity index is 1.65. The number of hydrogen-bond donors (Lipinski definition) is 1. The van der Waals surface area contributed by atoms with E-state index in [4.69, 9.17) is 4.74 Å². The van der Waals surface area contributed by atoms with E-state index in [0.717, 1.165) is 6.42 Å². The van der Waals surface area contributed by atoms with Crippen molar-refractivity contribution >= 4 is 5.91 Å². The molecular formula is C15H22N2O2. The van der Waals surface area contributed by atoms with E-state index in [1.165, 1.54) is 19.3 Å². The highest BCUT2D eigenvalue weighted by Gasteiger charge is 2.21. The van der Waals surface area contributed by atoms with Crippen LogP contribution in [0.5, 0.6) is 0 Å². The van der Waals surface area contributed by atoms with Gasteiger partial charge in [-0.2, -0.15) is 0 Å². The molecule has 1 aliphatic carbocycles. The summed E-state index contributed by atoms with van der Waals surface area (Å²) in [6.07, 6.45) is 8.58. The van der Waals surface area contributed by atoms with Crippen molar-refractivity contribution in [2.75, 3.05) is 13.2 Å². The first-order chi connectivity index (χ1) is 9.27. The average molecular weight is 262 g/mol. The maximum absolute atomic E-state index is 11.8. The summed E-state index contributed by atoms with van der Waals surface area (Å²) in [6, 6.07) is 3.52. The lowest BCUT2D eigenvalue weighted by atomic mass is 9.88. The molecule has 0 unspecified atom stereocenters. The molecule has 1 aliphatic rings. The zero-order valence-electron chi connectivity index (χ0n) is 11.5. The van der Waals surface area contributed by atoms with Crippen molar-refractivity contribution in [3.05, 3.63) is 30.1 Å². The molecule has 19 heavy (non-hydrogen) atoms. The molecule has 1 fully saturated rings. The summed E-state index contributed by atoms with van der Waals surface area (Å²) in [5.74, 6) is 0.552. The van der Waals surface area contributed by atoms with Crippen LogP contribution in [0.4, 0.5) is 0 Å². The van der Waals surface area contributed by atoms with Crippen LogP contribution < -0.4 is 5.32 Å². The van der Waals surface area contributed by atoms with Crippen molar-refractivity contribution in [3.8, 4) is 0 Å². The first-order valence-electron chi connectivity index (χ1n) is 7.07. The van der Waals surface area contributed by atoms with E-state index in [9.17, 15) is 4.79 Å². The van der Waals surface area contributed by atoms with E-state index in [1.807, 2.05) is 0 Å². The summed E-state index contributed by atoms with van der Waals surface area (Å²) >= 11 is 0. The second kappa shape index (κ2) is 7.24. The number of carbonyl (C=O) groups is 1. The van der Waals surface area contributed by atoms with Crippen molar-refractivity contribution in [1.82, 2.24) is 10.3 Å². The molecule has 4 nitrogen and oxygen atoms in total. The number of aromatic nitrogens is 1. The zero-order valence-corrected chi connectivity index (χ0v) is 11.5. The Morgan fingerprint density at radius 1 is 1.47 bits per heavy atom. The molecule has 0 saturated heterocycles. The van der Waals surface area contributed by atoms with Crippen molar-refractivity contribution in [3.63, 3.8) is 0 Å². The quantitative estimate of drug-likeness (QED) is 0.829. The number of nitrogens with zero attached hydrogens (tertiary/aromatic N) is 1. The molecule has 2 atom stereocenters. The summed E-state index contributed by atoms with van der Waals surface area (Å²) in [4.78, 5) is 15.7. The minimum absolute atomic E-state index is 0.0895. The average Bonchev–Trinajstić information content (AvgIpc) is 2.46. The summed E-state index contributed by atoms with van der Waals surface area (Å²) in [7, 11) is 0. The Hall–Kier alpha value is -1.42. The number of pyridine rings is 1. The van der Waals surface area contributed by atoms with Crippen molar-refractivity contribution in [1.29, 1.82) is 0 Å². The SMILES string of the molecule is C[C@H]1CCCC[C@@H]1OCCNC(=O)c1cccnc1. The van der Waals surface area contributed by atoms with E-state index in [2.05, 4.69) is 17.2 Å². The lowest BCUT2D eigenvalue weighted by Crippen LogP contribution is -2.31. The fourth-order valence-corrected chi connectivity index (χ4v) is 2.50. The molecule has 1 aromatic heterocycles. The van der Waals surface area contributed by atoms with E-state index < -0.39 is 0 Å². The molecule has 0 aliphatic heterocycles. The summed E-state index contributed by atoms with van der Waals surface area (Å²) in [5, 5.41) is 2.85. The van der Waals surface area contributed by atoms with Crippen LogP contribution in [0.3, 0.4) is 0 Å².